The lowest BCUT2D eigenvalue weighted by Crippen LogP contribution is -2.27. The Kier molecular flexibility index (Phi) is 5.62. The molecule has 0 amide bonds. The molecule has 0 aliphatic rings. The first-order chi connectivity index (χ1) is 7.67. The molecule has 0 radical (unpaired) electrons. The minimum absolute atomic E-state index is 0.208. The van der Waals surface area contributed by atoms with Crippen LogP contribution in [0.15, 0.2) is 18.2 Å². The molecule has 4 heteroatoms. The van der Waals surface area contributed by atoms with E-state index in [2.05, 4.69) is 18.3 Å². The third kappa shape index (κ3) is 4.02. The van der Waals surface area contributed by atoms with Gasteiger partial charge in [-0.2, -0.15) is 5.26 Å². The lowest BCUT2D eigenvalue weighted by atomic mass is 10.1. The first-order valence-electron chi connectivity index (χ1n) is 5.21. The van der Waals surface area contributed by atoms with Crippen LogP contribution in [0, 0.1) is 11.3 Å². The predicted octanol–water partition coefficient (Wildman–Crippen LogP) is 3.78. The first-order valence-corrected chi connectivity index (χ1v) is 5.97. The van der Waals surface area contributed by atoms with Crippen molar-refractivity contribution in [1.29, 1.82) is 5.26 Å². The fourth-order valence-electron chi connectivity index (χ4n) is 1.40. The summed E-state index contributed by atoms with van der Waals surface area (Å²) in [6, 6.07) is 7.76. The van der Waals surface area contributed by atoms with Crippen molar-refractivity contribution in [1.82, 2.24) is 5.32 Å². The molecule has 1 aromatic carbocycles. The Morgan fingerprint density at radius 2 is 2.19 bits per heavy atom. The maximum absolute atomic E-state index is 8.63. The van der Waals surface area contributed by atoms with Crippen molar-refractivity contribution in [3.05, 3.63) is 33.8 Å². The maximum Gasteiger partial charge on any atom is 0.0638 e. The molecule has 1 aromatic rings. The van der Waals surface area contributed by atoms with E-state index in [0.29, 0.717) is 23.0 Å². The number of nitrogens with one attached hydrogen (secondary N) is 1. The van der Waals surface area contributed by atoms with Gasteiger partial charge in [0.05, 0.1) is 12.5 Å². The van der Waals surface area contributed by atoms with Crippen molar-refractivity contribution >= 4 is 23.2 Å². The van der Waals surface area contributed by atoms with Gasteiger partial charge in [-0.15, -0.1) is 0 Å². The molecular formula is C12H14Cl2N2. The lowest BCUT2D eigenvalue weighted by Gasteiger charge is -2.14. The quantitative estimate of drug-likeness (QED) is 0.871. The van der Waals surface area contributed by atoms with Crippen LogP contribution in [0.4, 0.5) is 0 Å². The Hall–Kier alpha value is -0.750. The van der Waals surface area contributed by atoms with E-state index in [-0.39, 0.29) is 6.04 Å². The van der Waals surface area contributed by atoms with Gasteiger partial charge in [0.2, 0.25) is 0 Å². The van der Waals surface area contributed by atoms with Gasteiger partial charge in [-0.3, -0.25) is 0 Å². The van der Waals surface area contributed by atoms with Crippen molar-refractivity contribution < 1.29 is 0 Å². The van der Waals surface area contributed by atoms with Crippen LogP contribution >= 0.6 is 23.2 Å². The zero-order valence-corrected chi connectivity index (χ0v) is 10.6. The van der Waals surface area contributed by atoms with Crippen LogP contribution in [-0.2, 0) is 6.54 Å². The van der Waals surface area contributed by atoms with Crippen LogP contribution in [0.1, 0.15) is 25.3 Å². The molecule has 0 fully saturated rings. The third-order valence-electron chi connectivity index (χ3n) is 2.42. The largest absolute Gasteiger partial charge is 0.309 e. The molecule has 16 heavy (non-hydrogen) atoms. The Morgan fingerprint density at radius 3 is 2.81 bits per heavy atom. The Bertz CT molecular complexity index is 385. The fourth-order valence-corrected chi connectivity index (χ4v) is 1.78. The molecule has 0 aliphatic heterocycles. The molecule has 0 saturated carbocycles. The molecule has 1 atom stereocenters. The third-order valence-corrected chi connectivity index (χ3v) is 3.02. The lowest BCUT2D eigenvalue weighted by molar-refractivity contribution is 0.505. The van der Waals surface area contributed by atoms with E-state index in [1.807, 2.05) is 6.07 Å². The van der Waals surface area contributed by atoms with Gasteiger partial charge in [-0.05, 0) is 30.2 Å². The zero-order chi connectivity index (χ0) is 12.0. The van der Waals surface area contributed by atoms with E-state index < -0.39 is 0 Å². The molecule has 1 rings (SSSR count). The highest BCUT2D eigenvalue weighted by Crippen LogP contribution is 2.20. The van der Waals surface area contributed by atoms with Crippen LogP contribution in [0.5, 0.6) is 0 Å². The molecule has 0 aromatic heterocycles. The van der Waals surface area contributed by atoms with Gasteiger partial charge in [0.1, 0.15) is 0 Å². The smallest absolute Gasteiger partial charge is 0.0638 e. The SMILES string of the molecule is CCC(CC#N)NCc1cc(Cl)ccc1Cl. The molecular weight excluding hydrogens is 243 g/mol. The highest BCUT2D eigenvalue weighted by Gasteiger charge is 2.06. The topological polar surface area (TPSA) is 35.8 Å². The second-order valence-corrected chi connectivity index (χ2v) is 4.43. The highest BCUT2D eigenvalue weighted by molar-refractivity contribution is 6.33. The van der Waals surface area contributed by atoms with Gasteiger partial charge in [-0.1, -0.05) is 30.1 Å². The minimum atomic E-state index is 0.208. The summed E-state index contributed by atoms with van der Waals surface area (Å²) in [5.41, 5.74) is 0.963. The van der Waals surface area contributed by atoms with E-state index in [0.717, 1.165) is 12.0 Å². The van der Waals surface area contributed by atoms with Crippen LogP contribution in [-0.4, -0.2) is 6.04 Å². The van der Waals surface area contributed by atoms with Gasteiger partial charge in [0.25, 0.3) is 0 Å². The average molecular weight is 257 g/mol. The average Bonchev–Trinajstić information content (AvgIpc) is 2.28. The number of rotatable bonds is 5. The van der Waals surface area contributed by atoms with Crippen LogP contribution < -0.4 is 5.32 Å². The summed E-state index contributed by atoms with van der Waals surface area (Å²) < 4.78 is 0. The summed E-state index contributed by atoms with van der Waals surface area (Å²) in [5, 5.41) is 13.3. The number of nitrogens with zero attached hydrogens (tertiary/aromatic N) is 1. The molecule has 1 N–H and O–H groups in total. The van der Waals surface area contributed by atoms with Crippen molar-refractivity contribution in [2.75, 3.05) is 0 Å². The molecule has 0 spiro atoms. The van der Waals surface area contributed by atoms with E-state index in [1.165, 1.54) is 0 Å². The number of hydrogen-bond donors (Lipinski definition) is 1. The van der Waals surface area contributed by atoms with Crippen molar-refractivity contribution in [3.8, 4) is 6.07 Å². The van der Waals surface area contributed by atoms with Gasteiger partial charge in [0.15, 0.2) is 0 Å². The number of nitriles is 1. The van der Waals surface area contributed by atoms with E-state index in [1.54, 1.807) is 12.1 Å². The molecule has 86 valence electrons. The summed E-state index contributed by atoms with van der Waals surface area (Å²) in [4.78, 5) is 0. The van der Waals surface area contributed by atoms with Gasteiger partial charge in [-0.25, -0.2) is 0 Å². The standard InChI is InChI=1S/C12H14Cl2N2/c1-2-11(5-6-15)16-8-9-7-10(13)3-4-12(9)14/h3-4,7,11,16H,2,5,8H2,1H3. The van der Waals surface area contributed by atoms with Crippen molar-refractivity contribution in [3.63, 3.8) is 0 Å². The summed E-state index contributed by atoms with van der Waals surface area (Å²) in [7, 11) is 0. The summed E-state index contributed by atoms with van der Waals surface area (Å²) in [5.74, 6) is 0. The summed E-state index contributed by atoms with van der Waals surface area (Å²) in [6.07, 6.45) is 1.43. The summed E-state index contributed by atoms with van der Waals surface area (Å²) in [6.45, 7) is 2.69. The van der Waals surface area contributed by atoms with Crippen LogP contribution in [0.2, 0.25) is 10.0 Å². The number of benzene rings is 1. The molecule has 0 saturated heterocycles. The van der Waals surface area contributed by atoms with E-state index in [9.17, 15) is 0 Å². The maximum atomic E-state index is 8.63. The molecule has 0 bridgehead atoms. The van der Waals surface area contributed by atoms with E-state index >= 15 is 0 Å². The Morgan fingerprint density at radius 1 is 1.44 bits per heavy atom. The minimum Gasteiger partial charge on any atom is -0.309 e. The predicted molar refractivity (Wildman–Crippen MR) is 67.6 cm³/mol. The molecule has 0 heterocycles. The Balaban J connectivity index is 2.60. The Labute approximate surface area is 106 Å². The van der Waals surface area contributed by atoms with Gasteiger partial charge in [0, 0.05) is 22.6 Å². The highest BCUT2D eigenvalue weighted by atomic mass is 35.5. The molecule has 1 unspecified atom stereocenters. The zero-order valence-electron chi connectivity index (χ0n) is 9.13. The number of hydrogen-bond acceptors (Lipinski definition) is 2. The van der Waals surface area contributed by atoms with Gasteiger partial charge < -0.3 is 5.32 Å². The van der Waals surface area contributed by atoms with Crippen LogP contribution in [0.3, 0.4) is 0 Å². The van der Waals surface area contributed by atoms with Crippen molar-refractivity contribution in [2.24, 2.45) is 0 Å². The second-order valence-electron chi connectivity index (χ2n) is 3.58. The van der Waals surface area contributed by atoms with Gasteiger partial charge >= 0.3 is 0 Å². The fraction of sp³-hybridized carbons (Fsp3) is 0.417. The molecule has 2 nitrogen and oxygen atoms in total. The van der Waals surface area contributed by atoms with Crippen molar-refractivity contribution in [2.45, 2.75) is 32.4 Å². The summed E-state index contributed by atoms with van der Waals surface area (Å²) >= 11 is 11.9. The first kappa shape index (κ1) is 13.3. The van der Waals surface area contributed by atoms with Crippen LogP contribution in [0.25, 0.3) is 0 Å². The second kappa shape index (κ2) is 6.75. The molecule has 0 aliphatic carbocycles. The monoisotopic (exact) mass is 256 g/mol. The number of halogens is 2. The van der Waals surface area contributed by atoms with E-state index in [4.69, 9.17) is 28.5 Å². The normalized spacial score (nSPS) is 12.1.